The molecule has 0 fully saturated rings. The van der Waals surface area contributed by atoms with Gasteiger partial charge in [-0.15, -0.1) is 0 Å². The molecule has 2 heterocycles. The van der Waals surface area contributed by atoms with Crippen LogP contribution in [0.1, 0.15) is 36.5 Å². The number of nitrogens with one attached hydrogen (secondary N) is 1. The van der Waals surface area contributed by atoms with Crippen molar-refractivity contribution in [2.45, 2.75) is 46.1 Å². The Morgan fingerprint density at radius 1 is 1.19 bits per heavy atom. The topological polar surface area (TPSA) is 110 Å². The third-order valence-electron chi connectivity index (χ3n) is 4.82. The van der Waals surface area contributed by atoms with Gasteiger partial charge in [-0.05, 0) is 43.9 Å². The average molecular weight is 371 g/mol. The fraction of sp³-hybridized carbons (Fsp3) is 0.350. The Bertz CT molecular complexity index is 1090. The molecule has 0 unspecified atom stereocenters. The molecule has 7 nitrogen and oxygen atoms in total. The number of hydrogen-bond donors (Lipinski definition) is 2. The second-order valence-electron chi connectivity index (χ2n) is 6.62. The van der Waals surface area contributed by atoms with E-state index in [0.29, 0.717) is 16.7 Å². The number of aliphatic carboxylic acids is 1. The molecule has 2 N–H and O–H groups in total. The lowest BCUT2D eigenvalue weighted by atomic mass is 10.0. The molecule has 7 heteroatoms. The van der Waals surface area contributed by atoms with Gasteiger partial charge >= 0.3 is 11.6 Å². The summed E-state index contributed by atoms with van der Waals surface area (Å²) < 4.78 is 10.9. The summed E-state index contributed by atoms with van der Waals surface area (Å²) in [6, 6.07) is 2.69. The van der Waals surface area contributed by atoms with Crippen LogP contribution in [0.5, 0.6) is 0 Å². The quantitative estimate of drug-likeness (QED) is 0.645. The van der Waals surface area contributed by atoms with Crippen molar-refractivity contribution in [3.8, 4) is 0 Å². The number of carbonyl (C=O) groups is 2. The Morgan fingerprint density at radius 3 is 2.59 bits per heavy atom. The van der Waals surface area contributed by atoms with Crippen LogP contribution in [0.2, 0.25) is 0 Å². The van der Waals surface area contributed by atoms with Crippen molar-refractivity contribution in [2.75, 3.05) is 0 Å². The second-order valence-corrected chi connectivity index (χ2v) is 6.62. The number of rotatable bonds is 6. The summed E-state index contributed by atoms with van der Waals surface area (Å²) in [5.41, 5.74) is 2.74. The Labute approximate surface area is 155 Å². The molecule has 3 rings (SSSR count). The summed E-state index contributed by atoms with van der Waals surface area (Å²) >= 11 is 0. The van der Waals surface area contributed by atoms with Gasteiger partial charge in [0.25, 0.3) is 0 Å². The molecule has 1 atom stereocenters. The third-order valence-corrected chi connectivity index (χ3v) is 4.82. The van der Waals surface area contributed by atoms with E-state index >= 15 is 0 Å². The molecule has 3 aromatic rings. The number of hydrogen-bond acceptors (Lipinski definition) is 5. The number of carbonyl (C=O) groups excluding carboxylic acids is 1. The molecule has 0 aliphatic heterocycles. The van der Waals surface area contributed by atoms with E-state index in [0.717, 1.165) is 21.9 Å². The van der Waals surface area contributed by atoms with E-state index in [1.165, 1.54) is 0 Å². The predicted octanol–water partition coefficient (Wildman–Crippen LogP) is 3.07. The van der Waals surface area contributed by atoms with E-state index in [4.69, 9.17) is 13.9 Å². The SMILES string of the molecule is CC[C@@H](NC(=O)CCc1c(C)c2cc3c(C)coc3cc2oc1=O)C(=O)O. The number of furan rings is 1. The number of amides is 1. The summed E-state index contributed by atoms with van der Waals surface area (Å²) in [6.45, 7) is 5.43. The van der Waals surface area contributed by atoms with E-state index in [2.05, 4.69) is 5.32 Å². The Balaban J connectivity index is 1.89. The highest BCUT2D eigenvalue weighted by atomic mass is 16.4. The molecule has 0 aliphatic carbocycles. The van der Waals surface area contributed by atoms with Gasteiger partial charge < -0.3 is 19.3 Å². The van der Waals surface area contributed by atoms with Gasteiger partial charge in [0, 0.05) is 28.8 Å². The summed E-state index contributed by atoms with van der Waals surface area (Å²) in [7, 11) is 0. The van der Waals surface area contributed by atoms with Crippen LogP contribution in [0.25, 0.3) is 21.9 Å². The Morgan fingerprint density at radius 2 is 1.93 bits per heavy atom. The lowest BCUT2D eigenvalue weighted by Gasteiger charge is -2.12. The minimum absolute atomic E-state index is 0.00781. The first-order valence-corrected chi connectivity index (χ1v) is 8.78. The van der Waals surface area contributed by atoms with Crippen molar-refractivity contribution in [1.29, 1.82) is 0 Å². The van der Waals surface area contributed by atoms with Crippen LogP contribution >= 0.6 is 0 Å². The predicted molar refractivity (Wildman–Crippen MR) is 99.9 cm³/mol. The highest BCUT2D eigenvalue weighted by Gasteiger charge is 2.19. The molecule has 0 bridgehead atoms. The van der Waals surface area contributed by atoms with Gasteiger partial charge in [0.05, 0.1) is 6.26 Å². The largest absolute Gasteiger partial charge is 0.480 e. The van der Waals surface area contributed by atoms with Crippen molar-refractivity contribution in [3.05, 3.63) is 45.5 Å². The molecule has 1 aromatic carbocycles. The molecular formula is C20H21NO6. The summed E-state index contributed by atoms with van der Waals surface area (Å²) in [5.74, 6) is -1.49. The number of fused-ring (bicyclic) bond motifs is 2. The lowest BCUT2D eigenvalue weighted by molar-refractivity contribution is -0.141. The van der Waals surface area contributed by atoms with Crippen LogP contribution in [0, 0.1) is 13.8 Å². The van der Waals surface area contributed by atoms with Gasteiger partial charge in [-0.25, -0.2) is 9.59 Å². The molecule has 142 valence electrons. The van der Waals surface area contributed by atoms with E-state index in [1.807, 2.05) is 19.9 Å². The van der Waals surface area contributed by atoms with Crippen molar-refractivity contribution < 1.29 is 23.5 Å². The fourth-order valence-corrected chi connectivity index (χ4v) is 3.17. The molecule has 27 heavy (non-hydrogen) atoms. The maximum atomic E-state index is 12.4. The third kappa shape index (κ3) is 3.58. The number of carboxylic acid groups (broad SMARTS) is 1. The van der Waals surface area contributed by atoms with E-state index in [1.54, 1.807) is 19.3 Å². The highest BCUT2D eigenvalue weighted by Crippen LogP contribution is 2.28. The smallest absolute Gasteiger partial charge is 0.339 e. The van der Waals surface area contributed by atoms with Crippen LogP contribution in [-0.2, 0) is 16.0 Å². The zero-order valence-electron chi connectivity index (χ0n) is 15.4. The number of benzene rings is 1. The fourth-order valence-electron chi connectivity index (χ4n) is 3.17. The van der Waals surface area contributed by atoms with Crippen molar-refractivity contribution >= 4 is 33.8 Å². The highest BCUT2D eigenvalue weighted by molar-refractivity contribution is 5.96. The van der Waals surface area contributed by atoms with Gasteiger partial charge in [0.15, 0.2) is 0 Å². The minimum atomic E-state index is -1.08. The number of carboxylic acids is 1. The first-order valence-electron chi connectivity index (χ1n) is 8.78. The van der Waals surface area contributed by atoms with Gasteiger partial charge in [0.1, 0.15) is 17.2 Å². The van der Waals surface area contributed by atoms with Gasteiger partial charge in [-0.2, -0.15) is 0 Å². The Kier molecular flexibility index (Phi) is 5.03. The maximum absolute atomic E-state index is 12.4. The average Bonchev–Trinajstić information content (AvgIpc) is 2.98. The van der Waals surface area contributed by atoms with E-state index in [9.17, 15) is 14.4 Å². The molecule has 0 radical (unpaired) electrons. The van der Waals surface area contributed by atoms with Crippen LogP contribution in [-0.4, -0.2) is 23.0 Å². The van der Waals surface area contributed by atoms with Crippen molar-refractivity contribution in [2.24, 2.45) is 0 Å². The monoisotopic (exact) mass is 371 g/mol. The van der Waals surface area contributed by atoms with E-state index < -0.39 is 23.5 Å². The Hall–Kier alpha value is -3.09. The molecule has 0 spiro atoms. The van der Waals surface area contributed by atoms with Gasteiger partial charge in [0.2, 0.25) is 5.91 Å². The standard InChI is InChI=1S/C20H21NO6/c1-4-15(19(23)24)21-18(22)6-5-12-11(3)14-7-13-10(2)9-26-16(13)8-17(14)27-20(12)25/h7-9,15H,4-6H2,1-3H3,(H,21,22)(H,23,24)/t15-/m1/s1. The zero-order chi connectivity index (χ0) is 19.7. The molecule has 1 amide bonds. The van der Waals surface area contributed by atoms with Gasteiger partial charge in [-0.1, -0.05) is 6.92 Å². The summed E-state index contributed by atoms with van der Waals surface area (Å²) in [4.78, 5) is 35.4. The minimum Gasteiger partial charge on any atom is -0.480 e. The molecule has 0 saturated carbocycles. The van der Waals surface area contributed by atoms with Crippen LogP contribution in [0.3, 0.4) is 0 Å². The second kappa shape index (κ2) is 7.26. The van der Waals surface area contributed by atoms with Crippen molar-refractivity contribution in [3.63, 3.8) is 0 Å². The van der Waals surface area contributed by atoms with Gasteiger partial charge in [-0.3, -0.25) is 4.79 Å². The van der Waals surface area contributed by atoms with Crippen LogP contribution in [0.4, 0.5) is 0 Å². The number of aryl methyl sites for hydroxylation is 2. The lowest BCUT2D eigenvalue weighted by Crippen LogP contribution is -2.40. The first kappa shape index (κ1) is 18.7. The van der Waals surface area contributed by atoms with Crippen LogP contribution < -0.4 is 10.9 Å². The molecule has 0 aliphatic rings. The maximum Gasteiger partial charge on any atom is 0.339 e. The molecule has 2 aromatic heterocycles. The summed E-state index contributed by atoms with van der Waals surface area (Å²) in [5, 5.41) is 13.2. The molecular weight excluding hydrogens is 350 g/mol. The van der Waals surface area contributed by atoms with Crippen molar-refractivity contribution in [1.82, 2.24) is 5.32 Å². The first-order chi connectivity index (χ1) is 12.8. The summed E-state index contributed by atoms with van der Waals surface area (Å²) in [6.07, 6.45) is 2.12. The molecule has 0 saturated heterocycles. The van der Waals surface area contributed by atoms with E-state index in [-0.39, 0.29) is 19.3 Å². The zero-order valence-corrected chi connectivity index (χ0v) is 15.4. The van der Waals surface area contributed by atoms with Crippen LogP contribution in [0.15, 0.2) is 32.0 Å². The normalized spacial score (nSPS) is 12.4.